The van der Waals surface area contributed by atoms with Crippen LogP contribution >= 0.6 is 0 Å². The highest BCUT2D eigenvalue weighted by atomic mass is 19.4. The number of hydrogen-bond acceptors (Lipinski definition) is 3. The van der Waals surface area contributed by atoms with Gasteiger partial charge in [0.15, 0.2) is 5.60 Å². The van der Waals surface area contributed by atoms with Crippen LogP contribution in [0.15, 0.2) is 0 Å². The molecule has 7 heteroatoms. The summed E-state index contributed by atoms with van der Waals surface area (Å²) in [6, 6.07) is 0. The first kappa shape index (κ1) is 16.5. The number of carbonyl (C=O) groups is 1. The highest BCUT2D eigenvalue weighted by molar-refractivity contribution is 5.77. The zero-order valence-electron chi connectivity index (χ0n) is 12.1. The fourth-order valence-electron chi connectivity index (χ4n) is 3.43. The fourth-order valence-corrected chi connectivity index (χ4v) is 3.43. The van der Waals surface area contributed by atoms with Crippen molar-refractivity contribution in [1.29, 1.82) is 0 Å². The van der Waals surface area contributed by atoms with Gasteiger partial charge in [0.05, 0.1) is 6.54 Å². The van der Waals surface area contributed by atoms with E-state index < -0.39 is 24.7 Å². The first-order valence-corrected chi connectivity index (χ1v) is 7.48. The van der Waals surface area contributed by atoms with E-state index in [0.29, 0.717) is 6.54 Å². The molecule has 1 aliphatic heterocycles. The lowest BCUT2D eigenvalue weighted by molar-refractivity contribution is -0.253. The fraction of sp³-hybridized carbons (Fsp3) is 0.929. The third kappa shape index (κ3) is 3.34. The van der Waals surface area contributed by atoms with Crippen molar-refractivity contribution in [2.24, 2.45) is 11.1 Å². The van der Waals surface area contributed by atoms with Gasteiger partial charge in [-0.3, -0.25) is 4.79 Å². The van der Waals surface area contributed by atoms with E-state index in [9.17, 15) is 23.1 Å². The maximum Gasteiger partial charge on any atom is 0.419 e. The van der Waals surface area contributed by atoms with Crippen LogP contribution < -0.4 is 5.73 Å². The molecule has 2 aliphatic rings. The minimum Gasteiger partial charge on any atom is -0.379 e. The van der Waals surface area contributed by atoms with Crippen LogP contribution in [-0.4, -0.2) is 47.3 Å². The maximum atomic E-state index is 12.8. The number of carbonyl (C=O) groups excluding carboxylic acids is 1. The molecule has 1 aliphatic carbocycles. The topological polar surface area (TPSA) is 66.6 Å². The van der Waals surface area contributed by atoms with Gasteiger partial charge in [0.1, 0.15) is 0 Å². The smallest absolute Gasteiger partial charge is 0.379 e. The first-order valence-electron chi connectivity index (χ1n) is 7.48. The lowest BCUT2D eigenvalue weighted by Crippen LogP contribution is -2.48. The number of rotatable bonds is 3. The van der Waals surface area contributed by atoms with Crippen molar-refractivity contribution in [2.45, 2.75) is 56.7 Å². The Balaban J connectivity index is 1.98. The number of aliphatic hydroxyl groups is 1. The predicted molar refractivity (Wildman–Crippen MR) is 71.4 cm³/mol. The van der Waals surface area contributed by atoms with Gasteiger partial charge in [-0.1, -0.05) is 19.3 Å². The quantitative estimate of drug-likeness (QED) is 0.835. The normalized spacial score (nSPS) is 29.7. The molecule has 0 aromatic heterocycles. The van der Waals surface area contributed by atoms with Gasteiger partial charge in [0.2, 0.25) is 5.91 Å². The van der Waals surface area contributed by atoms with Gasteiger partial charge in [-0.25, -0.2) is 0 Å². The molecular formula is C14H23F3N2O2. The van der Waals surface area contributed by atoms with Crippen molar-refractivity contribution in [3.05, 3.63) is 0 Å². The number of nitrogens with two attached hydrogens (primary N) is 1. The van der Waals surface area contributed by atoms with Crippen LogP contribution in [0.25, 0.3) is 0 Å². The van der Waals surface area contributed by atoms with Crippen molar-refractivity contribution in [1.82, 2.24) is 4.90 Å². The Labute approximate surface area is 122 Å². The summed E-state index contributed by atoms with van der Waals surface area (Å²) in [6.45, 7) is -0.318. The van der Waals surface area contributed by atoms with Crippen LogP contribution in [0.3, 0.4) is 0 Å². The number of amides is 1. The van der Waals surface area contributed by atoms with Crippen molar-refractivity contribution >= 4 is 5.91 Å². The van der Waals surface area contributed by atoms with Crippen LogP contribution in [0.2, 0.25) is 0 Å². The Hall–Kier alpha value is -0.820. The third-order valence-corrected chi connectivity index (χ3v) is 5.00. The summed E-state index contributed by atoms with van der Waals surface area (Å²) in [6.07, 6.45) is -0.103. The summed E-state index contributed by atoms with van der Waals surface area (Å²) in [5.41, 5.74) is 2.78. The highest BCUT2D eigenvalue weighted by Crippen LogP contribution is 2.41. The molecule has 0 bridgehead atoms. The van der Waals surface area contributed by atoms with Crippen LogP contribution in [0.4, 0.5) is 13.2 Å². The Morgan fingerprint density at radius 2 is 1.81 bits per heavy atom. The summed E-state index contributed by atoms with van der Waals surface area (Å²) in [7, 11) is 0. The average Bonchev–Trinajstić information content (AvgIpc) is 2.83. The molecule has 1 saturated heterocycles. The van der Waals surface area contributed by atoms with Crippen molar-refractivity contribution in [3.8, 4) is 0 Å². The van der Waals surface area contributed by atoms with Crippen molar-refractivity contribution in [2.75, 3.05) is 19.6 Å². The summed E-state index contributed by atoms with van der Waals surface area (Å²) < 4.78 is 38.3. The molecule has 0 aromatic rings. The second kappa shape index (κ2) is 5.76. The minimum atomic E-state index is -4.70. The van der Waals surface area contributed by atoms with E-state index in [1.54, 1.807) is 0 Å². The highest BCUT2D eigenvalue weighted by Gasteiger charge is 2.58. The molecule has 2 rings (SSSR count). The van der Waals surface area contributed by atoms with Gasteiger partial charge in [-0.15, -0.1) is 0 Å². The summed E-state index contributed by atoms with van der Waals surface area (Å²) >= 11 is 0. The summed E-state index contributed by atoms with van der Waals surface area (Å²) in [5.74, 6) is -0.317. The third-order valence-electron chi connectivity index (χ3n) is 5.00. The molecule has 4 nitrogen and oxygen atoms in total. The minimum absolute atomic E-state index is 0.0461. The molecular weight excluding hydrogens is 285 g/mol. The molecule has 3 N–H and O–H groups in total. The van der Waals surface area contributed by atoms with Crippen molar-refractivity contribution < 1.29 is 23.1 Å². The number of likely N-dealkylation sites (tertiary alicyclic amines) is 1. The van der Waals surface area contributed by atoms with Gasteiger partial charge < -0.3 is 15.7 Å². The molecule has 2 fully saturated rings. The molecule has 122 valence electrons. The summed E-state index contributed by atoms with van der Waals surface area (Å²) in [4.78, 5) is 13.4. The zero-order valence-corrected chi connectivity index (χ0v) is 12.1. The second-order valence-electron chi connectivity index (χ2n) is 6.54. The van der Waals surface area contributed by atoms with Crippen molar-refractivity contribution in [3.63, 3.8) is 0 Å². The largest absolute Gasteiger partial charge is 0.419 e. The molecule has 1 saturated carbocycles. The molecule has 0 spiro atoms. The van der Waals surface area contributed by atoms with E-state index in [0.717, 1.165) is 37.0 Å². The van der Waals surface area contributed by atoms with E-state index in [1.165, 1.54) is 0 Å². The lowest BCUT2D eigenvalue weighted by Gasteiger charge is -2.37. The number of hydrogen-bond donors (Lipinski definition) is 2. The molecule has 21 heavy (non-hydrogen) atoms. The molecule has 1 amide bonds. The van der Waals surface area contributed by atoms with E-state index in [1.807, 2.05) is 0 Å². The van der Waals surface area contributed by atoms with E-state index in [-0.39, 0.29) is 24.3 Å². The Morgan fingerprint density at radius 3 is 2.29 bits per heavy atom. The monoisotopic (exact) mass is 308 g/mol. The van der Waals surface area contributed by atoms with E-state index >= 15 is 0 Å². The SMILES string of the molecule is NCC1(CC(=O)N2CCC(O)(C(F)(F)F)C2)CCCCC1. The van der Waals surface area contributed by atoms with Crippen LogP contribution in [0.5, 0.6) is 0 Å². The standard InChI is InChI=1S/C14H23F3N2O2/c15-14(16,17)13(21)6-7-19(10-13)11(20)8-12(9-18)4-2-1-3-5-12/h21H,1-10,18H2. The van der Waals surface area contributed by atoms with Gasteiger partial charge in [0.25, 0.3) is 0 Å². The zero-order chi connectivity index (χ0) is 15.7. The predicted octanol–water partition coefficient (Wildman–Crippen LogP) is 1.81. The molecule has 1 unspecified atom stereocenters. The lowest BCUT2D eigenvalue weighted by atomic mass is 9.71. The first-order chi connectivity index (χ1) is 9.71. The molecule has 1 atom stereocenters. The average molecular weight is 308 g/mol. The van der Waals surface area contributed by atoms with Gasteiger partial charge >= 0.3 is 6.18 Å². The molecule has 1 heterocycles. The number of β-amino-alcohol motifs (C(OH)–C–C–N with tert-alkyl or cyclic N) is 1. The summed E-state index contributed by atoms with van der Waals surface area (Å²) in [5, 5.41) is 9.63. The van der Waals surface area contributed by atoms with E-state index in [2.05, 4.69) is 0 Å². The van der Waals surface area contributed by atoms with Crippen LogP contribution in [-0.2, 0) is 4.79 Å². The Bertz CT molecular complexity index is 394. The van der Waals surface area contributed by atoms with Crippen LogP contribution in [0, 0.1) is 5.41 Å². The van der Waals surface area contributed by atoms with Gasteiger partial charge in [-0.05, 0) is 24.8 Å². The van der Waals surface area contributed by atoms with Gasteiger partial charge in [-0.2, -0.15) is 13.2 Å². The number of halogens is 3. The van der Waals surface area contributed by atoms with Crippen LogP contribution in [0.1, 0.15) is 44.9 Å². The van der Waals surface area contributed by atoms with E-state index in [4.69, 9.17) is 5.73 Å². The number of nitrogens with zero attached hydrogens (tertiary/aromatic N) is 1. The Morgan fingerprint density at radius 1 is 1.19 bits per heavy atom. The molecule has 0 radical (unpaired) electrons. The van der Waals surface area contributed by atoms with Gasteiger partial charge in [0, 0.05) is 19.4 Å². The Kier molecular flexibility index (Phi) is 4.54. The molecule has 0 aromatic carbocycles. The number of alkyl halides is 3. The maximum absolute atomic E-state index is 12.8. The second-order valence-corrected chi connectivity index (χ2v) is 6.54.